The van der Waals surface area contributed by atoms with Gasteiger partial charge in [-0.15, -0.1) is 0 Å². The Hall–Kier alpha value is -0.150. The zero-order valence-corrected chi connectivity index (χ0v) is 14.0. The van der Waals surface area contributed by atoms with Crippen molar-refractivity contribution in [3.05, 3.63) is 21.1 Å². The summed E-state index contributed by atoms with van der Waals surface area (Å²) >= 11 is 6.49. The van der Waals surface area contributed by atoms with Crippen molar-refractivity contribution in [1.29, 1.82) is 0 Å². The van der Waals surface area contributed by atoms with Crippen LogP contribution in [0.4, 0.5) is 5.69 Å². The van der Waals surface area contributed by atoms with Crippen molar-refractivity contribution in [2.45, 2.75) is 23.8 Å². The molecule has 2 rings (SSSR count). The predicted octanol–water partition coefficient (Wildman–Crippen LogP) is 1.94. The number of aliphatic hydroxyl groups excluding tert-OH is 1. The molecule has 0 atom stereocenters. The third-order valence-electron chi connectivity index (χ3n) is 3.04. The van der Waals surface area contributed by atoms with E-state index >= 15 is 0 Å². The first-order valence-electron chi connectivity index (χ1n) is 5.75. The van der Waals surface area contributed by atoms with E-state index in [1.807, 2.05) is 0 Å². The van der Waals surface area contributed by atoms with Gasteiger partial charge >= 0.3 is 0 Å². The van der Waals surface area contributed by atoms with Gasteiger partial charge in [0.15, 0.2) is 0 Å². The van der Waals surface area contributed by atoms with Gasteiger partial charge in [0, 0.05) is 27.7 Å². The van der Waals surface area contributed by atoms with Crippen LogP contribution in [0.2, 0.25) is 0 Å². The number of hydrogen-bond acceptors (Lipinski definition) is 4. The molecule has 19 heavy (non-hydrogen) atoms. The molecule has 1 aliphatic rings. The van der Waals surface area contributed by atoms with Crippen LogP contribution in [-0.2, 0) is 10.0 Å². The second-order valence-corrected chi connectivity index (χ2v) is 8.03. The largest absolute Gasteiger partial charge is 0.399 e. The molecule has 1 aromatic rings. The molecule has 0 amide bonds. The van der Waals surface area contributed by atoms with Crippen molar-refractivity contribution < 1.29 is 13.5 Å². The molecular formula is C11H14Br2N2O3S. The van der Waals surface area contributed by atoms with Crippen LogP contribution in [0.5, 0.6) is 0 Å². The molecule has 0 aromatic heterocycles. The zero-order chi connectivity index (χ0) is 14.2. The summed E-state index contributed by atoms with van der Waals surface area (Å²) in [7, 11) is -3.59. The van der Waals surface area contributed by atoms with E-state index in [1.54, 1.807) is 12.1 Å². The van der Waals surface area contributed by atoms with Crippen LogP contribution < -0.4 is 5.73 Å². The number of hydrogen-bond donors (Lipinski definition) is 2. The predicted molar refractivity (Wildman–Crippen MR) is 80.3 cm³/mol. The highest BCUT2D eigenvalue weighted by Crippen LogP contribution is 2.35. The number of rotatable bonds is 2. The number of sulfonamides is 1. The first kappa shape index (κ1) is 15.2. The Morgan fingerprint density at radius 2 is 1.68 bits per heavy atom. The van der Waals surface area contributed by atoms with E-state index in [2.05, 4.69) is 31.9 Å². The van der Waals surface area contributed by atoms with Crippen molar-refractivity contribution in [3.63, 3.8) is 0 Å². The van der Waals surface area contributed by atoms with E-state index in [1.165, 1.54) is 4.31 Å². The van der Waals surface area contributed by atoms with Gasteiger partial charge in [-0.05, 0) is 56.8 Å². The van der Waals surface area contributed by atoms with Crippen LogP contribution >= 0.6 is 31.9 Å². The number of benzene rings is 1. The maximum Gasteiger partial charge on any atom is 0.245 e. The Balaban J connectivity index is 2.40. The van der Waals surface area contributed by atoms with Gasteiger partial charge in [0.2, 0.25) is 10.0 Å². The molecule has 1 aliphatic heterocycles. The molecule has 1 aromatic carbocycles. The van der Waals surface area contributed by atoms with Crippen LogP contribution in [0.15, 0.2) is 26.0 Å². The highest BCUT2D eigenvalue weighted by Gasteiger charge is 2.31. The summed E-state index contributed by atoms with van der Waals surface area (Å²) in [5.41, 5.74) is 6.15. The van der Waals surface area contributed by atoms with Crippen molar-refractivity contribution in [2.75, 3.05) is 18.8 Å². The standard InChI is InChI=1S/C11H14Br2N2O3S/c12-9-5-7(14)6-10(13)11(9)19(17,18)15-3-1-8(16)2-4-15/h5-6,8,16H,1-4,14H2. The normalized spacial score (nSPS) is 18.7. The molecule has 0 bridgehead atoms. The lowest BCUT2D eigenvalue weighted by Crippen LogP contribution is -2.40. The molecule has 0 radical (unpaired) electrons. The van der Waals surface area contributed by atoms with Crippen molar-refractivity contribution in [2.24, 2.45) is 0 Å². The minimum atomic E-state index is -3.59. The minimum Gasteiger partial charge on any atom is -0.399 e. The van der Waals surface area contributed by atoms with E-state index in [9.17, 15) is 13.5 Å². The van der Waals surface area contributed by atoms with E-state index in [4.69, 9.17) is 5.73 Å². The van der Waals surface area contributed by atoms with Gasteiger partial charge in [-0.3, -0.25) is 0 Å². The minimum absolute atomic E-state index is 0.179. The third-order valence-corrected chi connectivity index (χ3v) is 6.82. The number of nitrogens with zero attached hydrogens (tertiary/aromatic N) is 1. The van der Waals surface area contributed by atoms with Crippen LogP contribution in [0.25, 0.3) is 0 Å². The fourth-order valence-electron chi connectivity index (χ4n) is 2.04. The Morgan fingerprint density at radius 1 is 1.21 bits per heavy atom. The molecular weight excluding hydrogens is 400 g/mol. The Bertz CT molecular complexity index is 561. The van der Waals surface area contributed by atoms with E-state index in [0.717, 1.165) is 0 Å². The maximum absolute atomic E-state index is 12.6. The SMILES string of the molecule is Nc1cc(Br)c(S(=O)(=O)N2CCC(O)CC2)c(Br)c1. The molecule has 0 aliphatic carbocycles. The Morgan fingerprint density at radius 3 is 2.16 bits per heavy atom. The number of piperidine rings is 1. The summed E-state index contributed by atoms with van der Waals surface area (Å²) in [6, 6.07) is 3.13. The molecule has 8 heteroatoms. The van der Waals surface area contributed by atoms with Crippen molar-refractivity contribution in [1.82, 2.24) is 4.31 Å². The molecule has 0 unspecified atom stereocenters. The van der Waals surface area contributed by atoms with Crippen LogP contribution in [0.3, 0.4) is 0 Å². The number of halogens is 2. The molecule has 1 fully saturated rings. The summed E-state index contributed by atoms with van der Waals surface area (Å²) in [5, 5.41) is 9.45. The lowest BCUT2D eigenvalue weighted by molar-refractivity contribution is 0.113. The van der Waals surface area contributed by atoms with E-state index < -0.39 is 16.1 Å². The second-order valence-electron chi connectivity index (χ2n) is 4.45. The topological polar surface area (TPSA) is 83.6 Å². The second kappa shape index (κ2) is 5.69. The van der Waals surface area contributed by atoms with Gasteiger partial charge < -0.3 is 10.8 Å². The molecule has 5 nitrogen and oxygen atoms in total. The Labute approximate surface area is 129 Å². The first-order valence-corrected chi connectivity index (χ1v) is 8.77. The summed E-state index contributed by atoms with van der Waals surface area (Å²) in [6.45, 7) is 0.652. The quantitative estimate of drug-likeness (QED) is 0.725. The maximum atomic E-state index is 12.6. The Kier molecular flexibility index (Phi) is 4.56. The molecule has 106 valence electrons. The fourth-order valence-corrected chi connectivity index (χ4v) is 6.05. The van der Waals surface area contributed by atoms with E-state index in [-0.39, 0.29) is 4.90 Å². The fraction of sp³-hybridized carbons (Fsp3) is 0.455. The van der Waals surface area contributed by atoms with Gasteiger partial charge in [-0.25, -0.2) is 8.42 Å². The highest BCUT2D eigenvalue weighted by atomic mass is 79.9. The highest BCUT2D eigenvalue weighted by molar-refractivity contribution is 9.11. The zero-order valence-electron chi connectivity index (χ0n) is 10.0. The van der Waals surface area contributed by atoms with Gasteiger partial charge in [-0.1, -0.05) is 0 Å². The van der Waals surface area contributed by atoms with Gasteiger partial charge in [0.25, 0.3) is 0 Å². The first-order chi connectivity index (χ1) is 8.82. The van der Waals surface area contributed by atoms with Crippen molar-refractivity contribution >= 4 is 47.6 Å². The summed E-state index contributed by atoms with van der Waals surface area (Å²) in [6.07, 6.45) is 0.511. The van der Waals surface area contributed by atoms with Crippen molar-refractivity contribution in [3.8, 4) is 0 Å². The molecule has 1 heterocycles. The van der Waals surface area contributed by atoms with Gasteiger partial charge in [0.1, 0.15) is 4.90 Å². The van der Waals surface area contributed by atoms with Gasteiger partial charge in [-0.2, -0.15) is 4.31 Å². The van der Waals surface area contributed by atoms with E-state index in [0.29, 0.717) is 40.6 Å². The number of anilines is 1. The monoisotopic (exact) mass is 412 g/mol. The number of nitrogens with two attached hydrogens (primary N) is 1. The summed E-state index contributed by atoms with van der Waals surface area (Å²) in [5.74, 6) is 0. The van der Waals surface area contributed by atoms with Crippen LogP contribution in [0, 0.1) is 0 Å². The van der Waals surface area contributed by atoms with Crippen LogP contribution in [0.1, 0.15) is 12.8 Å². The lowest BCUT2D eigenvalue weighted by atomic mass is 10.1. The molecule has 0 saturated carbocycles. The number of nitrogen functional groups attached to an aromatic ring is 1. The average Bonchev–Trinajstić information content (AvgIpc) is 2.27. The molecule has 3 N–H and O–H groups in total. The third kappa shape index (κ3) is 3.13. The number of aliphatic hydroxyl groups is 1. The molecule has 1 saturated heterocycles. The summed E-state index contributed by atoms with van der Waals surface area (Å²) in [4.78, 5) is 0.179. The van der Waals surface area contributed by atoms with Crippen LogP contribution in [-0.4, -0.2) is 37.0 Å². The van der Waals surface area contributed by atoms with Gasteiger partial charge in [0.05, 0.1) is 6.10 Å². The average molecular weight is 414 g/mol. The summed E-state index contributed by atoms with van der Waals surface area (Å²) < 4.78 is 27.4. The lowest BCUT2D eigenvalue weighted by Gasteiger charge is -2.29. The smallest absolute Gasteiger partial charge is 0.245 e. The molecule has 0 spiro atoms.